The first-order chi connectivity index (χ1) is 11.8. The predicted octanol–water partition coefficient (Wildman–Crippen LogP) is 2.51. The lowest BCUT2D eigenvalue weighted by Gasteiger charge is -2.28. The van der Waals surface area contributed by atoms with Crippen LogP contribution in [0.25, 0.3) is 0 Å². The Morgan fingerprint density at radius 2 is 2.04 bits per heavy atom. The lowest BCUT2D eigenvalue weighted by molar-refractivity contribution is -0.00699. The summed E-state index contributed by atoms with van der Waals surface area (Å²) in [6.45, 7) is 4.13. The zero-order valence-electron chi connectivity index (χ0n) is 14.5. The fourth-order valence-electron chi connectivity index (χ4n) is 2.74. The predicted molar refractivity (Wildman–Crippen MR) is 93.4 cm³/mol. The minimum Gasteiger partial charge on any atom is -0.616 e. The average Bonchev–Trinajstić information content (AvgIpc) is 2.90. The fraction of sp³-hybridized carbons (Fsp3) is 0.444. The molecule has 7 heteroatoms. The maximum absolute atomic E-state index is 12.2. The van der Waals surface area contributed by atoms with Crippen molar-refractivity contribution in [3.8, 4) is 5.75 Å². The second-order valence-electron chi connectivity index (χ2n) is 6.70. The van der Waals surface area contributed by atoms with Crippen molar-refractivity contribution in [3.05, 3.63) is 46.8 Å². The normalized spacial score (nSPS) is 16.9. The number of ether oxygens (including phenoxy) is 2. The molecular formula is C18H21NO5S. The monoisotopic (exact) mass is 363 g/mol. The Balaban J connectivity index is 1.68. The van der Waals surface area contributed by atoms with Crippen LogP contribution in [0.15, 0.2) is 28.8 Å². The third-order valence-corrected chi connectivity index (χ3v) is 4.67. The van der Waals surface area contributed by atoms with E-state index in [0.29, 0.717) is 42.2 Å². The summed E-state index contributed by atoms with van der Waals surface area (Å²) in [5.74, 6) is 1.36. The number of aromatic nitrogens is 1. The van der Waals surface area contributed by atoms with Crippen LogP contribution in [0, 0.1) is 0 Å². The number of rotatable bonds is 6. The molecule has 0 N–H and O–H groups in total. The summed E-state index contributed by atoms with van der Waals surface area (Å²) < 4.78 is 27.4. The Kier molecular flexibility index (Phi) is 5.06. The van der Waals surface area contributed by atoms with E-state index in [1.807, 2.05) is 38.1 Å². The van der Waals surface area contributed by atoms with Crippen LogP contribution < -0.4 is 4.74 Å². The highest BCUT2D eigenvalue weighted by molar-refractivity contribution is 7.90. The van der Waals surface area contributed by atoms with E-state index in [9.17, 15) is 9.35 Å². The van der Waals surface area contributed by atoms with Crippen LogP contribution in [-0.2, 0) is 28.8 Å². The van der Waals surface area contributed by atoms with E-state index < -0.39 is 16.8 Å². The highest BCUT2D eigenvalue weighted by atomic mass is 32.2. The molecule has 0 amide bonds. The smallest absolute Gasteiger partial charge is 0.344 e. The van der Waals surface area contributed by atoms with Gasteiger partial charge in [0.25, 0.3) is 0 Å². The van der Waals surface area contributed by atoms with E-state index in [4.69, 9.17) is 14.0 Å². The first kappa shape index (κ1) is 17.8. The third-order valence-electron chi connectivity index (χ3n) is 3.93. The zero-order valence-corrected chi connectivity index (χ0v) is 15.4. The largest absolute Gasteiger partial charge is 0.616 e. The Hall–Kier alpha value is -1.99. The minimum absolute atomic E-state index is 0.380. The number of cyclic esters (lactones) is 1. The molecule has 6 nitrogen and oxygen atoms in total. The van der Waals surface area contributed by atoms with Gasteiger partial charge < -0.3 is 18.5 Å². The summed E-state index contributed by atoms with van der Waals surface area (Å²) >= 11 is -0.864. The van der Waals surface area contributed by atoms with Gasteiger partial charge in [0.15, 0.2) is 5.76 Å². The molecule has 25 heavy (non-hydrogen) atoms. The van der Waals surface area contributed by atoms with Crippen molar-refractivity contribution in [2.75, 3.05) is 18.6 Å². The SMILES string of the molecule is C[S+]([O-])CCOc1ccc(Cc2onc3c2C(=O)OC(C)(C)C3)cc1. The van der Waals surface area contributed by atoms with E-state index in [0.717, 1.165) is 11.3 Å². The van der Waals surface area contributed by atoms with Crippen LogP contribution in [0.4, 0.5) is 0 Å². The van der Waals surface area contributed by atoms with Gasteiger partial charge in [-0.1, -0.05) is 28.5 Å². The van der Waals surface area contributed by atoms with Crippen molar-refractivity contribution >= 4 is 17.1 Å². The van der Waals surface area contributed by atoms with Crippen LogP contribution in [0.2, 0.25) is 0 Å². The van der Waals surface area contributed by atoms with Crippen LogP contribution in [-0.4, -0.2) is 39.9 Å². The average molecular weight is 363 g/mol. The Labute approximate surface area is 149 Å². The molecule has 0 saturated carbocycles. The van der Waals surface area contributed by atoms with Gasteiger partial charge in [-0.2, -0.15) is 0 Å². The van der Waals surface area contributed by atoms with Crippen LogP contribution in [0.3, 0.4) is 0 Å². The molecule has 1 atom stereocenters. The first-order valence-electron chi connectivity index (χ1n) is 8.06. The van der Waals surface area contributed by atoms with Crippen LogP contribution >= 0.6 is 0 Å². The second-order valence-corrected chi connectivity index (χ2v) is 8.25. The van der Waals surface area contributed by atoms with Crippen molar-refractivity contribution in [1.82, 2.24) is 5.16 Å². The Bertz CT molecular complexity index is 751. The topological polar surface area (TPSA) is 84.6 Å². The van der Waals surface area contributed by atoms with Crippen molar-refractivity contribution in [1.29, 1.82) is 0 Å². The molecule has 1 unspecified atom stereocenters. The summed E-state index contributed by atoms with van der Waals surface area (Å²) in [7, 11) is 0. The van der Waals surface area contributed by atoms with Crippen LogP contribution in [0.5, 0.6) is 5.75 Å². The number of esters is 1. The van der Waals surface area contributed by atoms with Crippen molar-refractivity contribution in [2.24, 2.45) is 0 Å². The second kappa shape index (κ2) is 7.09. The standard InChI is InChI=1S/C18H21NO5S/c1-18(2)11-14-16(17(20)23-18)15(24-19-14)10-12-4-6-13(7-5-12)22-8-9-25(3)21/h4-7H,8-11H2,1-3H3. The van der Waals surface area contributed by atoms with Crippen molar-refractivity contribution in [3.63, 3.8) is 0 Å². The van der Waals surface area contributed by atoms with Gasteiger partial charge in [0, 0.05) is 12.8 Å². The number of carbonyl (C=O) groups is 1. The molecule has 2 heterocycles. The molecular weight excluding hydrogens is 342 g/mol. The number of hydrogen-bond donors (Lipinski definition) is 0. The summed E-state index contributed by atoms with van der Waals surface area (Å²) in [6.07, 6.45) is 2.65. The Morgan fingerprint density at radius 3 is 2.72 bits per heavy atom. The summed E-state index contributed by atoms with van der Waals surface area (Å²) in [6, 6.07) is 7.51. The van der Waals surface area contributed by atoms with Crippen molar-refractivity contribution in [2.45, 2.75) is 32.3 Å². The van der Waals surface area contributed by atoms with Gasteiger partial charge in [-0.25, -0.2) is 4.79 Å². The fourth-order valence-corrected chi connectivity index (χ4v) is 3.06. The molecule has 3 rings (SSSR count). The molecule has 1 aromatic carbocycles. The molecule has 0 bridgehead atoms. The molecule has 1 aliphatic heterocycles. The van der Waals surface area contributed by atoms with E-state index in [2.05, 4.69) is 5.16 Å². The summed E-state index contributed by atoms with van der Waals surface area (Å²) in [5, 5.41) is 4.04. The number of fused-ring (bicyclic) bond motifs is 1. The molecule has 0 radical (unpaired) electrons. The Morgan fingerprint density at radius 1 is 1.32 bits per heavy atom. The third kappa shape index (κ3) is 4.35. The first-order valence-corrected chi connectivity index (χ1v) is 9.79. The lowest BCUT2D eigenvalue weighted by Crippen LogP contribution is -2.36. The quantitative estimate of drug-likeness (QED) is 0.579. The number of benzene rings is 1. The number of nitrogens with zero attached hydrogens (tertiary/aromatic N) is 1. The molecule has 1 aliphatic rings. The number of carbonyl (C=O) groups excluding carboxylic acids is 1. The van der Waals surface area contributed by atoms with Crippen LogP contribution in [0.1, 0.15) is 41.2 Å². The van der Waals surface area contributed by atoms with Gasteiger partial charge in [-0.15, -0.1) is 0 Å². The molecule has 134 valence electrons. The molecule has 0 spiro atoms. The highest BCUT2D eigenvalue weighted by Crippen LogP contribution is 2.30. The minimum atomic E-state index is -0.864. The van der Waals surface area contributed by atoms with Gasteiger partial charge in [0.05, 0.1) is 6.26 Å². The summed E-state index contributed by atoms with van der Waals surface area (Å²) in [5.41, 5.74) is 1.52. The van der Waals surface area contributed by atoms with Gasteiger partial charge in [0.2, 0.25) is 0 Å². The van der Waals surface area contributed by atoms with Gasteiger partial charge in [0.1, 0.15) is 35.0 Å². The molecule has 0 fully saturated rings. The van der Waals surface area contributed by atoms with Gasteiger partial charge in [-0.3, -0.25) is 0 Å². The maximum atomic E-state index is 12.2. The van der Waals surface area contributed by atoms with E-state index in [-0.39, 0.29) is 5.97 Å². The van der Waals surface area contributed by atoms with Gasteiger partial charge >= 0.3 is 5.97 Å². The number of hydrogen-bond acceptors (Lipinski definition) is 6. The van der Waals surface area contributed by atoms with Gasteiger partial charge in [-0.05, 0) is 31.5 Å². The maximum Gasteiger partial charge on any atom is 0.344 e. The summed E-state index contributed by atoms with van der Waals surface area (Å²) in [4.78, 5) is 12.2. The molecule has 1 aromatic heterocycles. The highest BCUT2D eigenvalue weighted by Gasteiger charge is 2.37. The van der Waals surface area contributed by atoms with E-state index in [1.165, 1.54) is 0 Å². The molecule has 0 aliphatic carbocycles. The van der Waals surface area contributed by atoms with E-state index in [1.54, 1.807) is 6.26 Å². The lowest BCUT2D eigenvalue weighted by atomic mass is 9.94. The molecule has 2 aromatic rings. The van der Waals surface area contributed by atoms with Crippen molar-refractivity contribution < 1.29 is 23.3 Å². The molecule has 0 saturated heterocycles. The zero-order chi connectivity index (χ0) is 18.0. The van der Waals surface area contributed by atoms with E-state index >= 15 is 0 Å².